The highest BCUT2D eigenvalue weighted by Crippen LogP contribution is 2.19. The van der Waals surface area contributed by atoms with Gasteiger partial charge >= 0.3 is 23.9 Å². The zero-order chi connectivity index (χ0) is 24.3. The van der Waals surface area contributed by atoms with Crippen LogP contribution in [0.1, 0.15) is 36.7 Å². The molecular weight excluding hydrogens is 420 g/mol. The minimum atomic E-state index is -0.788. The molecule has 0 bridgehead atoms. The molecule has 172 valence electrons. The van der Waals surface area contributed by atoms with Crippen LogP contribution in [-0.2, 0) is 39.8 Å². The van der Waals surface area contributed by atoms with Gasteiger partial charge in [0.15, 0.2) is 0 Å². The number of benzene rings is 1. The lowest BCUT2D eigenvalue weighted by Gasteiger charge is -2.12. The summed E-state index contributed by atoms with van der Waals surface area (Å²) in [6, 6.07) is 4.45. The van der Waals surface area contributed by atoms with Gasteiger partial charge in [0.05, 0.1) is 12.2 Å². The molecule has 9 heteroatoms. The first-order chi connectivity index (χ1) is 15.0. The molecule has 0 radical (unpaired) electrons. The Morgan fingerprint density at radius 1 is 0.719 bits per heavy atom. The molecular formula is C23H26O9. The molecule has 1 aromatic carbocycles. The molecule has 0 saturated carbocycles. The Balaban J connectivity index is 2.88. The number of rotatable bonds is 12. The second-order valence-electron chi connectivity index (χ2n) is 6.77. The fraction of sp³-hybridized carbons (Fsp3) is 0.304. The first-order valence-corrected chi connectivity index (χ1v) is 9.43. The first-order valence-electron chi connectivity index (χ1n) is 9.43. The van der Waals surface area contributed by atoms with Gasteiger partial charge in [-0.2, -0.15) is 0 Å². The third-order valence-electron chi connectivity index (χ3n) is 3.67. The summed E-state index contributed by atoms with van der Waals surface area (Å²) in [4.78, 5) is 46.8. The van der Waals surface area contributed by atoms with Gasteiger partial charge < -0.3 is 23.7 Å². The minimum absolute atomic E-state index is 0.0322. The monoisotopic (exact) mass is 446 g/mol. The van der Waals surface area contributed by atoms with E-state index >= 15 is 0 Å². The first kappa shape index (κ1) is 26.2. The number of ether oxygens (including phenoxy) is 5. The van der Waals surface area contributed by atoms with E-state index in [1.54, 1.807) is 6.07 Å². The highest BCUT2D eigenvalue weighted by molar-refractivity contribution is 5.91. The van der Waals surface area contributed by atoms with Crippen molar-refractivity contribution in [3.8, 4) is 5.75 Å². The predicted molar refractivity (Wildman–Crippen MR) is 114 cm³/mol. The van der Waals surface area contributed by atoms with Crippen molar-refractivity contribution in [2.24, 2.45) is 0 Å². The van der Waals surface area contributed by atoms with E-state index in [2.05, 4.69) is 19.7 Å². The molecule has 0 N–H and O–H groups in total. The Hall–Kier alpha value is -3.88. The summed E-state index contributed by atoms with van der Waals surface area (Å²) >= 11 is 0. The molecule has 0 saturated heterocycles. The van der Waals surface area contributed by atoms with Gasteiger partial charge in [-0.1, -0.05) is 19.7 Å². The van der Waals surface area contributed by atoms with Crippen LogP contribution in [0.5, 0.6) is 5.75 Å². The molecule has 0 amide bonds. The van der Waals surface area contributed by atoms with Crippen LogP contribution in [0.4, 0.5) is 0 Å². The lowest BCUT2D eigenvalue weighted by atomic mass is 10.1. The molecule has 32 heavy (non-hydrogen) atoms. The number of esters is 4. The normalized spacial score (nSPS) is 9.84. The van der Waals surface area contributed by atoms with E-state index in [0.717, 1.165) is 0 Å². The van der Waals surface area contributed by atoms with Gasteiger partial charge in [-0.3, -0.25) is 0 Å². The van der Waals surface area contributed by atoms with Gasteiger partial charge in [0, 0.05) is 23.1 Å². The molecule has 0 aliphatic carbocycles. The zero-order valence-corrected chi connectivity index (χ0v) is 18.4. The van der Waals surface area contributed by atoms with E-state index in [4.69, 9.17) is 23.7 Å². The van der Waals surface area contributed by atoms with Gasteiger partial charge in [0.1, 0.15) is 5.75 Å². The van der Waals surface area contributed by atoms with E-state index in [1.807, 2.05) is 0 Å². The van der Waals surface area contributed by atoms with Gasteiger partial charge in [-0.25, -0.2) is 19.2 Å². The van der Waals surface area contributed by atoms with E-state index in [9.17, 15) is 19.2 Å². The third kappa shape index (κ3) is 9.29. The average molecular weight is 446 g/mol. The largest absolute Gasteiger partial charge is 0.462 e. The Kier molecular flexibility index (Phi) is 10.4. The SMILES string of the molecule is C=C(C)C(=O)OCCc1cc(OCOC(=O)C(=C)C)cc(C(=O)OCOC(=O)C(=C)C)c1. The fourth-order valence-electron chi connectivity index (χ4n) is 2.01. The highest BCUT2D eigenvalue weighted by atomic mass is 16.7. The molecule has 0 heterocycles. The summed E-state index contributed by atoms with van der Waals surface area (Å²) in [5.41, 5.74) is 1.29. The maximum absolute atomic E-state index is 12.4. The van der Waals surface area contributed by atoms with Crippen molar-refractivity contribution in [3.63, 3.8) is 0 Å². The van der Waals surface area contributed by atoms with Gasteiger partial charge in [-0.05, 0) is 44.5 Å². The molecule has 0 aromatic heterocycles. The molecule has 1 rings (SSSR count). The third-order valence-corrected chi connectivity index (χ3v) is 3.67. The van der Waals surface area contributed by atoms with E-state index < -0.39 is 37.5 Å². The Morgan fingerprint density at radius 3 is 1.81 bits per heavy atom. The van der Waals surface area contributed by atoms with Crippen LogP contribution in [0, 0.1) is 0 Å². The van der Waals surface area contributed by atoms with E-state index in [0.29, 0.717) is 5.56 Å². The molecule has 1 aromatic rings. The van der Waals surface area contributed by atoms with Crippen molar-refractivity contribution in [2.75, 3.05) is 20.2 Å². The van der Waals surface area contributed by atoms with Crippen LogP contribution in [0.2, 0.25) is 0 Å². The maximum Gasteiger partial charge on any atom is 0.341 e. The van der Waals surface area contributed by atoms with Crippen LogP contribution in [0.15, 0.2) is 54.7 Å². The molecule has 0 fully saturated rings. The molecule has 0 unspecified atom stereocenters. The predicted octanol–water partition coefficient (Wildman–Crippen LogP) is 3.04. The summed E-state index contributed by atoms with van der Waals surface area (Å²) in [5, 5.41) is 0. The Labute approximate surface area is 186 Å². The summed E-state index contributed by atoms with van der Waals surface area (Å²) in [6.07, 6.45) is 0.257. The highest BCUT2D eigenvalue weighted by Gasteiger charge is 2.14. The lowest BCUT2D eigenvalue weighted by Crippen LogP contribution is -2.14. The number of carbonyl (C=O) groups is 4. The summed E-state index contributed by atoms with van der Waals surface area (Å²) in [5.74, 6) is -2.46. The topological polar surface area (TPSA) is 114 Å². The van der Waals surface area contributed by atoms with E-state index in [-0.39, 0.29) is 41.1 Å². The Bertz CT molecular complexity index is 877. The van der Waals surface area contributed by atoms with Crippen molar-refractivity contribution in [2.45, 2.75) is 27.2 Å². The van der Waals surface area contributed by atoms with Crippen LogP contribution >= 0.6 is 0 Å². The molecule has 0 atom stereocenters. The number of hydrogen-bond donors (Lipinski definition) is 0. The molecule has 0 spiro atoms. The second kappa shape index (κ2) is 12.7. The fourth-order valence-corrected chi connectivity index (χ4v) is 2.01. The molecule has 0 aliphatic heterocycles. The standard InChI is InChI=1S/C23H26O9/c1-14(2)20(24)28-8-7-17-9-18(23(27)32-13-31-22(26)16(5)6)11-19(10-17)29-12-30-21(25)15(3)4/h9-11H,1,3,5,7-8,12-13H2,2,4,6H3. The zero-order valence-electron chi connectivity index (χ0n) is 18.4. The lowest BCUT2D eigenvalue weighted by molar-refractivity contribution is -0.147. The van der Waals surface area contributed by atoms with E-state index in [1.165, 1.54) is 32.9 Å². The van der Waals surface area contributed by atoms with Crippen molar-refractivity contribution in [1.82, 2.24) is 0 Å². The van der Waals surface area contributed by atoms with Crippen molar-refractivity contribution >= 4 is 23.9 Å². The summed E-state index contributed by atoms with van der Waals surface area (Å²) in [7, 11) is 0. The number of carbonyl (C=O) groups excluding carboxylic acids is 4. The van der Waals surface area contributed by atoms with Gasteiger partial charge in [0.2, 0.25) is 13.6 Å². The maximum atomic E-state index is 12.4. The summed E-state index contributed by atoms with van der Waals surface area (Å²) in [6.45, 7) is 13.9. The molecule has 0 aliphatic rings. The number of hydrogen-bond acceptors (Lipinski definition) is 9. The van der Waals surface area contributed by atoms with Crippen LogP contribution in [0.25, 0.3) is 0 Å². The smallest absolute Gasteiger partial charge is 0.341 e. The Morgan fingerprint density at radius 2 is 1.25 bits per heavy atom. The molecule has 9 nitrogen and oxygen atoms in total. The van der Waals surface area contributed by atoms with Crippen LogP contribution in [-0.4, -0.2) is 44.1 Å². The minimum Gasteiger partial charge on any atom is -0.462 e. The van der Waals surface area contributed by atoms with Crippen molar-refractivity contribution in [1.29, 1.82) is 0 Å². The van der Waals surface area contributed by atoms with Crippen LogP contribution < -0.4 is 4.74 Å². The quantitative estimate of drug-likeness (QED) is 0.207. The van der Waals surface area contributed by atoms with Crippen LogP contribution in [0.3, 0.4) is 0 Å². The average Bonchev–Trinajstić information content (AvgIpc) is 2.72. The summed E-state index contributed by atoms with van der Waals surface area (Å²) < 4.78 is 25.0. The van der Waals surface area contributed by atoms with Crippen molar-refractivity contribution < 1.29 is 42.9 Å². The van der Waals surface area contributed by atoms with Gasteiger partial charge in [0.25, 0.3) is 0 Å². The van der Waals surface area contributed by atoms with Crippen molar-refractivity contribution in [3.05, 3.63) is 65.8 Å². The van der Waals surface area contributed by atoms with Gasteiger partial charge in [-0.15, -0.1) is 0 Å². The second-order valence-corrected chi connectivity index (χ2v) is 6.77.